The van der Waals surface area contributed by atoms with E-state index >= 15 is 0 Å². The summed E-state index contributed by atoms with van der Waals surface area (Å²) in [5.41, 5.74) is 5.21. The number of nitrogens with one attached hydrogen (secondary N) is 1. The molecular formula is C5H12N2O2S2. The van der Waals surface area contributed by atoms with Crippen LogP contribution in [-0.2, 0) is 10.0 Å². The van der Waals surface area contributed by atoms with Crippen LogP contribution in [0.3, 0.4) is 0 Å². The Morgan fingerprint density at radius 1 is 1.73 bits per heavy atom. The molecule has 0 aromatic rings. The highest BCUT2D eigenvalue weighted by atomic mass is 32.2. The van der Waals surface area contributed by atoms with Crippen molar-refractivity contribution in [1.82, 2.24) is 4.72 Å². The van der Waals surface area contributed by atoms with Gasteiger partial charge in [-0.3, -0.25) is 0 Å². The Morgan fingerprint density at radius 2 is 2.18 bits per heavy atom. The first-order chi connectivity index (χ1) is 4.81. The Kier molecular flexibility index (Phi) is 3.91. The highest BCUT2D eigenvalue weighted by molar-refractivity contribution is 7.88. The fraction of sp³-hybridized carbons (Fsp3) is 0.800. The van der Waals surface area contributed by atoms with Gasteiger partial charge in [-0.1, -0.05) is 12.2 Å². The zero-order chi connectivity index (χ0) is 9.07. The van der Waals surface area contributed by atoms with Crippen molar-refractivity contribution >= 4 is 27.2 Å². The summed E-state index contributed by atoms with van der Waals surface area (Å²) in [7, 11) is -3.13. The summed E-state index contributed by atoms with van der Waals surface area (Å²) < 4.78 is 23.6. The zero-order valence-corrected chi connectivity index (χ0v) is 8.13. The van der Waals surface area contributed by atoms with Crippen molar-refractivity contribution in [2.75, 3.05) is 6.26 Å². The lowest BCUT2D eigenvalue weighted by Crippen LogP contribution is -2.34. The molecule has 3 N–H and O–H groups in total. The molecule has 11 heavy (non-hydrogen) atoms. The van der Waals surface area contributed by atoms with Crippen LogP contribution in [0, 0.1) is 0 Å². The molecule has 0 aliphatic rings. The first kappa shape index (κ1) is 10.8. The van der Waals surface area contributed by atoms with Crippen LogP contribution in [0.5, 0.6) is 0 Å². The van der Waals surface area contributed by atoms with E-state index in [9.17, 15) is 8.42 Å². The summed E-state index contributed by atoms with van der Waals surface area (Å²) >= 11 is 4.60. The summed E-state index contributed by atoms with van der Waals surface area (Å²) in [5, 5.41) is 0. The number of hydrogen-bond donors (Lipinski definition) is 2. The van der Waals surface area contributed by atoms with Gasteiger partial charge in [0.25, 0.3) is 0 Å². The molecule has 0 aromatic heterocycles. The third-order valence-electron chi connectivity index (χ3n) is 0.923. The number of rotatable bonds is 4. The smallest absolute Gasteiger partial charge is 0.208 e. The van der Waals surface area contributed by atoms with Crippen molar-refractivity contribution in [2.45, 2.75) is 19.4 Å². The van der Waals surface area contributed by atoms with Gasteiger partial charge >= 0.3 is 0 Å². The molecule has 0 aliphatic heterocycles. The quantitative estimate of drug-likeness (QED) is 0.600. The Hall–Kier alpha value is -0.200. The van der Waals surface area contributed by atoms with Gasteiger partial charge in [0.15, 0.2) is 0 Å². The Bertz CT molecular complexity index is 235. The fourth-order valence-corrected chi connectivity index (χ4v) is 1.77. The van der Waals surface area contributed by atoms with Crippen molar-refractivity contribution in [1.29, 1.82) is 0 Å². The predicted octanol–water partition coefficient (Wildman–Crippen LogP) is -0.400. The maximum Gasteiger partial charge on any atom is 0.208 e. The SMILES string of the molecule is CC(CC(N)=S)NS(C)(=O)=O. The summed E-state index contributed by atoms with van der Waals surface area (Å²) in [6.07, 6.45) is 1.49. The van der Waals surface area contributed by atoms with Crippen LogP contribution >= 0.6 is 12.2 Å². The molecule has 0 bridgehead atoms. The standard InChI is InChI=1S/C5H12N2O2S2/c1-4(3-5(6)10)7-11(2,8)9/h4,7H,3H2,1-2H3,(H2,6,10). The van der Waals surface area contributed by atoms with Crippen LogP contribution in [0.15, 0.2) is 0 Å². The predicted molar refractivity (Wildman–Crippen MR) is 48.8 cm³/mol. The topological polar surface area (TPSA) is 72.2 Å². The minimum Gasteiger partial charge on any atom is -0.393 e. The molecule has 6 heteroatoms. The van der Waals surface area contributed by atoms with E-state index in [-0.39, 0.29) is 6.04 Å². The molecule has 0 aromatic carbocycles. The van der Waals surface area contributed by atoms with Crippen LogP contribution in [0.1, 0.15) is 13.3 Å². The van der Waals surface area contributed by atoms with Gasteiger partial charge in [-0.25, -0.2) is 13.1 Å². The van der Waals surface area contributed by atoms with E-state index in [0.717, 1.165) is 6.26 Å². The fourth-order valence-electron chi connectivity index (χ4n) is 0.709. The lowest BCUT2D eigenvalue weighted by atomic mass is 10.3. The summed E-state index contributed by atoms with van der Waals surface area (Å²) in [6.45, 7) is 1.71. The van der Waals surface area contributed by atoms with Crippen molar-refractivity contribution < 1.29 is 8.42 Å². The average Bonchev–Trinajstić information content (AvgIpc) is 1.53. The van der Waals surface area contributed by atoms with Crippen LogP contribution in [0.2, 0.25) is 0 Å². The van der Waals surface area contributed by atoms with Gasteiger partial charge in [0.1, 0.15) is 0 Å². The van der Waals surface area contributed by atoms with Gasteiger partial charge in [-0.15, -0.1) is 0 Å². The largest absolute Gasteiger partial charge is 0.393 e. The molecule has 0 heterocycles. The van der Waals surface area contributed by atoms with Gasteiger partial charge in [0.05, 0.1) is 11.2 Å². The van der Waals surface area contributed by atoms with E-state index < -0.39 is 10.0 Å². The highest BCUT2D eigenvalue weighted by Crippen LogP contribution is 1.92. The van der Waals surface area contributed by atoms with E-state index in [0.29, 0.717) is 11.4 Å². The molecule has 0 spiro atoms. The van der Waals surface area contributed by atoms with E-state index in [1.807, 2.05) is 0 Å². The molecule has 1 unspecified atom stereocenters. The minimum atomic E-state index is -3.13. The van der Waals surface area contributed by atoms with Gasteiger partial charge in [0.2, 0.25) is 10.0 Å². The molecule has 0 amide bonds. The lowest BCUT2D eigenvalue weighted by molar-refractivity contribution is 0.571. The van der Waals surface area contributed by atoms with Crippen molar-refractivity contribution in [2.24, 2.45) is 5.73 Å². The molecule has 1 atom stereocenters. The summed E-state index contributed by atoms with van der Waals surface area (Å²) in [4.78, 5) is 0.314. The van der Waals surface area contributed by atoms with E-state index in [4.69, 9.17) is 5.73 Å². The van der Waals surface area contributed by atoms with Crippen LogP contribution in [0.4, 0.5) is 0 Å². The second-order valence-electron chi connectivity index (χ2n) is 2.46. The molecule has 0 fully saturated rings. The molecule has 0 rings (SSSR count). The van der Waals surface area contributed by atoms with Gasteiger partial charge in [-0.05, 0) is 6.92 Å². The molecule has 4 nitrogen and oxygen atoms in total. The number of thiocarbonyl (C=S) groups is 1. The zero-order valence-electron chi connectivity index (χ0n) is 6.49. The maximum absolute atomic E-state index is 10.6. The van der Waals surface area contributed by atoms with Gasteiger partial charge in [0, 0.05) is 12.5 Å². The first-order valence-corrected chi connectivity index (χ1v) is 5.37. The molecule has 0 saturated heterocycles. The first-order valence-electron chi connectivity index (χ1n) is 3.07. The molecule has 0 aliphatic carbocycles. The highest BCUT2D eigenvalue weighted by Gasteiger charge is 2.08. The van der Waals surface area contributed by atoms with E-state index in [1.54, 1.807) is 6.92 Å². The Balaban J connectivity index is 3.89. The molecule has 0 saturated carbocycles. The second kappa shape index (κ2) is 3.99. The molecule has 66 valence electrons. The maximum atomic E-state index is 10.6. The van der Waals surface area contributed by atoms with E-state index in [2.05, 4.69) is 16.9 Å². The van der Waals surface area contributed by atoms with Crippen molar-refractivity contribution in [3.05, 3.63) is 0 Å². The summed E-state index contributed by atoms with van der Waals surface area (Å²) in [5.74, 6) is 0. The third kappa shape index (κ3) is 7.70. The van der Waals surface area contributed by atoms with Crippen molar-refractivity contribution in [3.63, 3.8) is 0 Å². The van der Waals surface area contributed by atoms with Gasteiger partial charge < -0.3 is 5.73 Å². The molecular weight excluding hydrogens is 184 g/mol. The average molecular weight is 196 g/mol. The summed E-state index contributed by atoms with van der Waals surface area (Å²) in [6, 6.07) is -0.220. The Labute approximate surface area is 72.2 Å². The number of hydrogen-bond acceptors (Lipinski definition) is 3. The minimum absolute atomic E-state index is 0.220. The normalized spacial score (nSPS) is 14.4. The van der Waals surface area contributed by atoms with Crippen molar-refractivity contribution in [3.8, 4) is 0 Å². The Morgan fingerprint density at radius 3 is 2.45 bits per heavy atom. The van der Waals surface area contributed by atoms with Crippen LogP contribution < -0.4 is 10.5 Å². The van der Waals surface area contributed by atoms with E-state index in [1.165, 1.54) is 0 Å². The van der Waals surface area contributed by atoms with Crippen LogP contribution in [0.25, 0.3) is 0 Å². The number of nitrogens with two attached hydrogens (primary N) is 1. The molecule has 0 radical (unpaired) electrons. The third-order valence-corrected chi connectivity index (χ3v) is 1.92. The van der Waals surface area contributed by atoms with Crippen LogP contribution in [-0.4, -0.2) is 25.7 Å². The monoisotopic (exact) mass is 196 g/mol. The van der Waals surface area contributed by atoms with Gasteiger partial charge in [-0.2, -0.15) is 0 Å². The lowest BCUT2D eigenvalue weighted by Gasteiger charge is -2.09. The second-order valence-corrected chi connectivity index (χ2v) is 4.77. The number of sulfonamides is 1.